The zero-order valence-corrected chi connectivity index (χ0v) is 20.7. The topological polar surface area (TPSA) is 62.1 Å². The second-order valence-corrected chi connectivity index (χ2v) is 9.05. The molecule has 6 heteroatoms. The fraction of sp³-hybridized carbons (Fsp3) is 0.0714. The summed E-state index contributed by atoms with van der Waals surface area (Å²) in [6.07, 6.45) is 1.58. The van der Waals surface area contributed by atoms with Gasteiger partial charge in [0.25, 0.3) is 5.91 Å². The molecule has 0 fully saturated rings. The number of fused-ring (bicyclic) bond motifs is 1. The molecule has 0 spiro atoms. The summed E-state index contributed by atoms with van der Waals surface area (Å²) in [5.74, 6) is 0.0876. The third-order valence-electron chi connectivity index (χ3n) is 5.33. The maximum absolute atomic E-state index is 13.0. The van der Waals surface area contributed by atoms with E-state index in [1.54, 1.807) is 24.3 Å². The summed E-state index contributed by atoms with van der Waals surface area (Å²) in [6, 6.07) is 26.7. The highest BCUT2D eigenvalue weighted by Crippen LogP contribution is 2.31. The smallest absolute Gasteiger partial charge is 0.266 e. The summed E-state index contributed by atoms with van der Waals surface area (Å²) < 4.78 is 7.12. The minimum absolute atomic E-state index is 0.0285. The number of halogens is 2. The van der Waals surface area contributed by atoms with E-state index in [4.69, 9.17) is 16.3 Å². The Bertz CT molecular complexity index is 1440. The number of ether oxygens (including phenoxy) is 1. The number of anilines is 1. The normalized spacial score (nSPS) is 11.2. The number of nitriles is 1. The maximum atomic E-state index is 13.0. The molecule has 0 aliphatic rings. The summed E-state index contributed by atoms with van der Waals surface area (Å²) in [5, 5.41) is 15.1. The number of hydrogen-bond donors (Lipinski definition) is 1. The van der Waals surface area contributed by atoms with Crippen LogP contribution in [-0.2, 0) is 11.4 Å². The van der Waals surface area contributed by atoms with Crippen LogP contribution in [0.4, 0.5) is 5.69 Å². The van der Waals surface area contributed by atoms with Crippen molar-refractivity contribution in [2.75, 3.05) is 5.32 Å². The summed E-state index contributed by atoms with van der Waals surface area (Å²) in [6.45, 7) is 2.19. The molecule has 0 aliphatic heterocycles. The van der Waals surface area contributed by atoms with Crippen LogP contribution in [0.5, 0.6) is 5.75 Å². The van der Waals surface area contributed by atoms with E-state index in [1.807, 2.05) is 73.7 Å². The molecule has 0 unspecified atom stereocenters. The first-order valence-electron chi connectivity index (χ1n) is 10.5. The van der Waals surface area contributed by atoms with Gasteiger partial charge in [-0.3, -0.25) is 4.79 Å². The van der Waals surface area contributed by atoms with Crippen molar-refractivity contribution in [1.82, 2.24) is 0 Å². The highest BCUT2D eigenvalue weighted by Gasteiger charge is 2.15. The van der Waals surface area contributed by atoms with Gasteiger partial charge in [0.15, 0.2) is 0 Å². The number of carbonyl (C=O) groups excluding carboxylic acids is 1. The van der Waals surface area contributed by atoms with E-state index in [0.717, 1.165) is 26.4 Å². The van der Waals surface area contributed by atoms with Crippen LogP contribution in [0.3, 0.4) is 0 Å². The first-order valence-corrected chi connectivity index (χ1v) is 11.7. The van der Waals surface area contributed by atoms with E-state index in [0.29, 0.717) is 28.6 Å². The lowest BCUT2D eigenvalue weighted by molar-refractivity contribution is -0.112. The van der Waals surface area contributed by atoms with Crippen LogP contribution in [-0.4, -0.2) is 5.91 Å². The van der Waals surface area contributed by atoms with Crippen LogP contribution in [0, 0.1) is 18.3 Å². The number of amides is 1. The van der Waals surface area contributed by atoms with Crippen molar-refractivity contribution in [2.24, 2.45) is 0 Å². The Morgan fingerprint density at radius 2 is 1.85 bits per heavy atom. The fourth-order valence-electron chi connectivity index (χ4n) is 3.54. The number of nitrogens with zero attached hydrogens (tertiary/aromatic N) is 1. The van der Waals surface area contributed by atoms with Crippen LogP contribution in [0.25, 0.3) is 16.8 Å². The van der Waals surface area contributed by atoms with Gasteiger partial charge in [-0.05, 0) is 71.3 Å². The Labute approximate surface area is 211 Å². The van der Waals surface area contributed by atoms with Crippen LogP contribution in [0.1, 0.15) is 16.7 Å². The predicted octanol–water partition coefficient (Wildman–Crippen LogP) is 7.69. The molecule has 0 bridgehead atoms. The van der Waals surface area contributed by atoms with E-state index >= 15 is 0 Å². The molecular formula is C28H20BrClN2O2. The molecule has 1 amide bonds. The molecule has 4 nitrogen and oxygen atoms in total. The summed E-state index contributed by atoms with van der Waals surface area (Å²) in [7, 11) is 0. The van der Waals surface area contributed by atoms with E-state index < -0.39 is 5.91 Å². The number of rotatable bonds is 6. The Balaban J connectivity index is 1.69. The average molecular weight is 532 g/mol. The molecule has 4 aromatic carbocycles. The van der Waals surface area contributed by atoms with Crippen LogP contribution >= 0.6 is 27.5 Å². The highest BCUT2D eigenvalue weighted by molar-refractivity contribution is 9.10. The van der Waals surface area contributed by atoms with Gasteiger partial charge in [0.05, 0.1) is 0 Å². The van der Waals surface area contributed by atoms with Crippen molar-refractivity contribution < 1.29 is 9.53 Å². The second-order valence-electron chi connectivity index (χ2n) is 7.70. The Morgan fingerprint density at radius 3 is 2.59 bits per heavy atom. The first-order chi connectivity index (χ1) is 16.4. The lowest BCUT2D eigenvalue weighted by Gasteiger charge is -2.13. The van der Waals surface area contributed by atoms with Crippen molar-refractivity contribution in [3.63, 3.8) is 0 Å². The zero-order chi connectivity index (χ0) is 24.1. The van der Waals surface area contributed by atoms with Crippen LogP contribution in [0.15, 0.2) is 88.9 Å². The number of nitrogens with one attached hydrogen (secondary N) is 1. The molecule has 0 aromatic heterocycles. The molecule has 34 heavy (non-hydrogen) atoms. The SMILES string of the molecule is Cc1cc(Cl)ccc1NC(=O)/C(C#N)=C/c1c(OCc2ccc(Br)cc2)ccc2ccccc12. The van der Waals surface area contributed by atoms with Gasteiger partial charge in [-0.25, -0.2) is 0 Å². The monoisotopic (exact) mass is 530 g/mol. The van der Waals surface area contributed by atoms with Crippen molar-refractivity contribution >= 4 is 56.0 Å². The molecule has 0 heterocycles. The van der Waals surface area contributed by atoms with Crippen LogP contribution in [0.2, 0.25) is 5.02 Å². The fourth-order valence-corrected chi connectivity index (χ4v) is 4.03. The van der Waals surface area contributed by atoms with Gasteiger partial charge < -0.3 is 10.1 Å². The molecule has 168 valence electrons. The number of carbonyl (C=O) groups is 1. The van der Waals surface area contributed by atoms with E-state index in [1.165, 1.54) is 0 Å². The van der Waals surface area contributed by atoms with Gasteiger partial charge in [-0.15, -0.1) is 0 Å². The molecule has 4 rings (SSSR count). The molecule has 0 radical (unpaired) electrons. The van der Waals surface area contributed by atoms with Crippen molar-refractivity contribution in [1.29, 1.82) is 5.26 Å². The molecule has 0 saturated carbocycles. The predicted molar refractivity (Wildman–Crippen MR) is 141 cm³/mol. The van der Waals surface area contributed by atoms with Gasteiger partial charge in [0, 0.05) is 20.7 Å². The van der Waals surface area contributed by atoms with E-state index in [2.05, 4.69) is 21.2 Å². The van der Waals surface area contributed by atoms with E-state index in [-0.39, 0.29) is 5.57 Å². The van der Waals surface area contributed by atoms with Gasteiger partial charge in [-0.1, -0.05) is 70.0 Å². The summed E-state index contributed by atoms with van der Waals surface area (Å²) in [4.78, 5) is 13.0. The molecular weight excluding hydrogens is 512 g/mol. The van der Waals surface area contributed by atoms with Gasteiger partial charge >= 0.3 is 0 Å². The summed E-state index contributed by atoms with van der Waals surface area (Å²) in [5.41, 5.74) is 3.05. The lowest BCUT2D eigenvalue weighted by Crippen LogP contribution is -2.14. The third-order valence-corrected chi connectivity index (χ3v) is 6.09. The Hall–Kier alpha value is -3.59. The third kappa shape index (κ3) is 5.48. The second kappa shape index (κ2) is 10.6. The standard InChI is InChI=1S/C28H20BrClN2O2/c1-18-14-23(30)11-12-26(18)32-28(33)21(16-31)15-25-24-5-3-2-4-20(24)8-13-27(25)34-17-19-6-9-22(29)10-7-19/h2-15H,17H2,1H3,(H,32,33)/b21-15+. The summed E-state index contributed by atoms with van der Waals surface area (Å²) >= 11 is 9.45. The quantitative estimate of drug-likeness (QED) is 0.205. The van der Waals surface area contributed by atoms with Gasteiger partial charge in [-0.2, -0.15) is 5.26 Å². The Kier molecular flexibility index (Phi) is 7.32. The molecule has 0 saturated heterocycles. The van der Waals surface area contributed by atoms with Crippen LogP contribution < -0.4 is 10.1 Å². The van der Waals surface area contributed by atoms with Crippen molar-refractivity contribution in [2.45, 2.75) is 13.5 Å². The molecule has 0 aliphatic carbocycles. The minimum Gasteiger partial charge on any atom is -0.488 e. The maximum Gasteiger partial charge on any atom is 0.266 e. The van der Waals surface area contributed by atoms with Gasteiger partial charge in [0.1, 0.15) is 24.0 Å². The largest absolute Gasteiger partial charge is 0.488 e. The highest BCUT2D eigenvalue weighted by atomic mass is 79.9. The van der Waals surface area contributed by atoms with Crippen molar-refractivity contribution in [3.05, 3.63) is 111 Å². The average Bonchev–Trinajstić information content (AvgIpc) is 2.84. The van der Waals surface area contributed by atoms with E-state index in [9.17, 15) is 10.1 Å². The molecule has 0 atom stereocenters. The zero-order valence-electron chi connectivity index (χ0n) is 18.3. The lowest BCUT2D eigenvalue weighted by atomic mass is 10.0. The molecule has 1 N–H and O–H groups in total. The minimum atomic E-state index is -0.500. The first kappa shape index (κ1) is 23.6. The Morgan fingerprint density at radius 1 is 1.09 bits per heavy atom. The van der Waals surface area contributed by atoms with Crippen molar-refractivity contribution in [3.8, 4) is 11.8 Å². The number of hydrogen-bond acceptors (Lipinski definition) is 3. The number of benzene rings is 4. The van der Waals surface area contributed by atoms with Gasteiger partial charge in [0.2, 0.25) is 0 Å². The molecule has 4 aromatic rings. The number of aryl methyl sites for hydroxylation is 1.